The van der Waals surface area contributed by atoms with Gasteiger partial charge in [0.15, 0.2) is 0 Å². The fourth-order valence-corrected chi connectivity index (χ4v) is 4.09. The monoisotopic (exact) mass is 399 g/mol. The van der Waals surface area contributed by atoms with E-state index >= 15 is 0 Å². The number of amides is 1. The molecule has 0 N–H and O–H groups in total. The van der Waals surface area contributed by atoms with Crippen LogP contribution in [0.15, 0.2) is 12.1 Å². The zero-order valence-corrected chi connectivity index (χ0v) is 15.3. The molecule has 5 rings (SSSR count). The number of aromatic nitrogens is 1. The molecule has 4 fully saturated rings. The second kappa shape index (κ2) is 5.73. The summed E-state index contributed by atoms with van der Waals surface area (Å²) >= 11 is 0. The minimum absolute atomic E-state index is 0.0267. The molecule has 1 atom stereocenters. The molecule has 1 spiro atoms. The average Bonchev–Trinajstić information content (AvgIpc) is 3.47. The number of ether oxygens (including phenoxy) is 1. The lowest BCUT2D eigenvalue weighted by molar-refractivity contribution is -0.0265. The number of carbonyl (C=O) groups is 1. The number of anilines is 1. The molecular weight excluding hydrogens is 378 g/mol. The Balaban J connectivity index is 1.34. The first-order chi connectivity index (χ1) is 13.2. The molecule has 0 bridgehead atoms. The van der Waals surface area contributed by atoms with Crippen LogP contribution >= 0.6 is 0 Å². The molecule has 1 amide bonds. The fourth-order valence-electron chi connectivity index (χ4n) is 4.09. The van der Waals surface area contributed by atoms with Crippen molar-refractivity contribution in [2.45, 2.75) is 37.5 Å². The molecule has 4 aliphatic rings. The van der Waals surface area contributed by atoms with Crippen LogP contribution in [0.4, 0.5) is 23.2 Å². The van der Waals surface area contributed by atoms with E-state index < -0.39 is 36.3 Å². The van der Waals surface area contributed by atoms with Gasteiger partial charge in [-0.05, 0) is 37.3 Å². The molecule has 1 unspecified atom stereocenters. The van der Waals surface area contributed by atoms with Crippen LogP contribution in [0.1, 0.15) is 36.2 Å². The molecule has 28 heavy (non-hydrogen) atoms. The predicted molar refractivity (Wildman–Crippen MR) is 92.1 cm³/mol. The van der Waals surface area contributed by atoms with E-state index in [2.05, 4.69) is 4.98 Å². The van der Waals surface area contributed by atoms with Crippen LogP contribution < -0.4 is 9.64 Å². The van der Waals surface area contributed by atoms with Crippen LogP contribution in [0.2, 0.25) is 0 Å². The van der Waals surface area contributed by atoms with Gasteiger partial charge in [0.1, 0.15) is 11.4 Å². The van der Waals surface area contributed by atoms with Crippen LogP contribution in [0.25, 0.3) is 0 Å². The number of nitrogens with zero attached hydrogens (tertiary/aromatic N) is 3. The second-order valence-corrected chi connectivity index (χ2v) is 8.63. The van der Waals surface area contributed by atoms with Crippen LogP contribution in [-0.2, 0) is 0 Å². The summed E-state index contributed by atoms with van der Waals surface area (Å²) in [6, 6.07) is 3.03. The molecule has 2 saturated heterocycles. The smallest absolute Gasteiger partial charge is 0.282 e. The summed E-state index contributed by atoms with van der Waals surface area (Å²) in [5.41, 5.74) is -0.533. The van der Waals surface area contributed by atoms with E-state index in [0.717, 1.165) is 12.8 Å². The SMILES string of the molecule is O=C(c1ccc(N2CC(F)(F)C2)c(OCC2CC2)n1)N1CCC2(C1)CC2(F)F. The van der Waals surface area contributed by atoms with Gasteiger partial charge in [-0.25, -0.2) is 22.5 Å². The first kappa shape index (κ1) is 18.0. The second-order valence-electron chi connectivity index (χ2n) is 8.63. The quantitative estimate of drug-likeness (QED) is 0.714. The van der Waals surface area contributed by atoms with Crippen LogP contribution in [-0.4, -0.2) is 60.4 Å². The van der Waals surface area contributed by atoms with E-state index in [1.165, 1.54) is 15.9 Å². The molecule has 2 aliphatic carbocycles. The summed E-state index contributed by atoms with van der Waals surface area (Å²) in [7, 11) is 0. The summed E-state index contributed by atoms with van der Waals surface area (Å²) in [5.74, 6) is -5.25. The molecule has 1 aromatic heterocycles. The number of likely N-dealkylation sites (tertiary alicyclic amines) is 1. The summed E-state index contributed by atoms with van der Waals surface area (Å²) in [4.78, 5) is 19.9. The van der Waals surface area contributed by atoms with E-state index in [9.17, 15) is 22.4 Å². The molecule has 0 aromatic carbocycles. The topological polar surface area (TPSA) is 45.7 Å². The van der Waals surface area contributed by atoms with Gasteiger partial charge in [-0.15, -0.1) is 0 Å². The average molecular weight is 399 g/mol. The minimum Gasteiger partial charge on any atom is -0.476 e. The van der Waals surface area contributed by atoms with Crippen molar-refractivity contribution in [3.63, 3.8) is 0 Å². The third-order valence-electron chi connectivity index (χ3n) is 6.25. The van der Waals surface area contributed by atoms with Crippen LogP contribution in [0.3, 0.4) is 0 Å². The van der Waals surface area contributed by atoms with Crippen molar-refractivity contribution in [1.82, 2.24) is 9.88 Å². The maximum Gasteiger partial charge on any atom is 0.282 e. The highest BCUT2D eigenvalue weighted by atomic mass is 19.3. The van der Waals surface area contributed by atoms with Crippen molar-refractivity contribution < 1.29 is 27.1 Å². The molecule has 152 valence electrons. The lowest BCUT2D eigenvalue weighted by Crippen LogP contribution is -2.56. The van der Waals surface area contributed by atoms with E-state index in [1.54, 1.807) is 6.07 Å². The van der Waals surface area contributed by atoms with Crippen LogP contribution in [0, 0.1) is 11.3 Å². The Morgan fingerprint density at radius 3 is 2.46 bits per heavy atom. The molecule has 5 nitrogen and oxygen atoms in total. The molecule has 0 radical (unpaired) electrons. The van der Waals surface area contributed by atoms with Gasteiger partial charge in [0.25, 0.3) is 17.8 Å². The highest BCUT2D eigenvalue weighted by molar-refractivity contribution is 5.93. The maximum atomic E-state index is 13.6. The Hall–Kier alpha value is -2.06. The van der Waals surface area contributed by atoms with Gasteiger partial charge >= 0.3 is 0 Å². The Morgan fingerprint density at radius 2 is 1.89 bits per heavy atom. The number of alkyl halides is 4. The summed E-state index contributed by atoms with van der Waals surface area (Å²) < 4.78 is 59.4. The maximum absolute atomic E-state index is 13.6. The Labute approximate surface area is 159 Å². The first-order valence-corrected chi connectivity index (χ1v) is 9.62. The first-order valence-electron chi connectivity index (χ1n) is 9.62. The zero-order chi connectivity index (χ0) is 19.7. The van der Waals surface area contributed by atoms with Gasteiger partial charge in [0.05, 0.1) is 25.1 Å². The van der Waals surface area contributed by atoms with Gasteiger partial charge in [-0.1, -0.05) is 0 Å². The lowest BCUT2D eigenvalue weighted by Gasteiger charge is -2.40. The van der Waals surface area contributed by atoms with E-state index in [-0.39, 0.29) is 37.5 Å². The fraction of sp³-hybridized carbons (Fsp3) is 0.684. The van der Waals surface area contributed by atoms with E-state index in [4.69, 9.17) is 4.74 Å². The number of carbonyl (C=O) groups excluding carboxylic acids is 1. The highest BCUT2D eigenvalue weighted by Gasteiger charge is 2.73. The highest BCUT2D eigenvalue weighted by Crippen LogP contribution is 2.65. The normalized spacial score (nSPS) is 29.7. The number of hydrogen-bond donors (Lipinski definition) is 0. The largest absolute Gasteiger partial charge is 0.476 e. The number of hydrogen-bond acceptors (Lipinski definition) is 4. The summed E-state index contributed by atoms with van der Waals surface area (Å²) in [6.45, 7) is -0.0920. The zero-order valence-electron chi connectivity index (χ0n) is 15.3. The molecule has 2 saturated carbocycles. The predicted octanol–water partition coefficient (Wildman–Crippen LogP) is 3.20. The Morgan fingerprint density at radius 1 is 1.18 bits per heavy atom. The lowest BCUT2D eigenvalue weighted by atomic mass is 10.1. The third kappa shape index (κ3) is 2.99. The van der Waals surface area contributed by atoms with Crippen LogP contribution in [0.5, 0.6) is 5.88 Å². The molecule has 9 heteroatoms. The van der Waals surface area contributed by atoms with Crippen molar-refractivity contribution in [2.75, 3.05) is 37.7 Å². The van der Waals surface area contributed by atoms with Gasteiger partial charge < -0.3 is 14.5 Å². The van der Waals surface area contributed by atoms with E-state index in [1.807, 2.05) is 0 Å². The standard InChI is InChI=1S/C19H21F4N3O2/c20-18(21)10-26(11-18)14-4-3-13(24-15(14)28-7-12-1-2-12)16(27)25-6-5-17(9-25)8-19(17,22)23/h3-4,12H,1-2,5-11H2. The van der Waals surface area contributed by atoms with E-state index in [0.29, 0.717) is 18.2 Å². The molecule has 1 aromatic rings. The number of pyridine rings is 1. The van der Waals surface area contributed by atoms with Crippen molar-refractivity contribution in [3.8, 4) is 5.88 Å². The third-order valence-corrected chi connectivity index (χ3v) is 6.25. The molecular formula is C19H21F4N3O2. The van der Waals surface area contributed by atoms with Crippen molar-refractivity contribution in [1.29, 1.82) is 0 Å². The Kier molecular flexibility index (Phi) is 3.68. The molecule has 3 heterocycles. The minimum atomic E-state index is -2.73. The van der Waals surface area contributed by atoms with Gasteiger partial charge in [-0.3, -0.25) is 4.79 Å². The number of halogens is 4. The van der Waals surface area contributed by atoms with Crippen molar-refractivity contribution in [2.24, 2.45) is 11.3 Å². The van der Waals surface area contributed by atoms with Gasteiger partial charge in [0, 0.05) is 19.5 Å². The summed E-state index contributed by atoms with van der Waals surface area (Å²) in [5, 5.41) is 0. The molecule has 2 aliphatic heterocycles. The van der Waals surface area contributed by atoms with Gasteiger partial charge in [0.2, 0.25) is 5.88 Å². The van der Waals surface area contributed by atoms with Crippen molar-refractivity contribution in [3.05, 3.63) is 17.8 Å². The van der Waals surface area contributed by atoms with Crippen molar-refractivity contribution >= 4 is 11.6 Å². The number of rotatable bonds is 5. The Bertz CT molecular complexity index is 821. The summed E-state index contributed by atoms with van der Waals surface area (Å²) in [6.07, 6.45) is 2.23. The van der Waals surface area contributed by atoms with Gasteiger partial charge in [-0.2, -0.15) is 0 Å².